The number of aliphatic hydroxyl groups excluding tert-OH is 2. The van der Waals surface area contributed by atoms with Crippen LogP contribution < -0.4 is 0 Å². The van der Waals surface area contributed by atoms with Gasteiger partial charge in [0.05, 0.1) is 24.9 Å². The highest BCUT2D eigenvalue weighted by Gasteiger charge is 2.57. The molecule has 16 atom stereocenters. The number of piperidine rings is 1. The zero-order chi connectivity index (χ0) is 47.7. The van der Waals surface area contributed by atoms with Crippen LogP contribution in [-0.4, -0.2) is 132 Å². The van der Waals surface area contributed by atoms with Gasteiger partial charge in [0.15, 0.2) is 5.78 Å². The molecule has 4 bridgehead atoms. The van der Waals surface area contributed by atoms with Crippen LogP contribution in [0, 0.1) is 47.3 Å². The van der Waals surface area contributed by atoms with Gasteiger partial charge in [-0.25, -0.2) is 4.79 Å². The Morgan fingerprint density at radius 1 is 0.862 bits per heavy atom. The van der Waals surface area contributed by atoms with Gasteiger partial charge >= 0.3 is 5.97 Å². The highest BCUT2D eigenvalue weighted by molar-refractivity contribution is 6.39. The molecule has 14 nitrogen and oxygen atoms in total. The molecule has 3 N–H and O–H groups in total. The van der Waals surface area contributed by atoms with Crippen LogP contribution in [0.25, 0.3) is 0 Å². The van der Waals surface area contributed by atoms with Crippen molar-refractivity contribution < 1.29 is 63.0 Å². The summed E-state index contributed by atoms with van der Waals surface area (Å²) in [7, 11) is 4.56. The predicted molar refractivity (Wildman–Crippen MR) is 243 cm³/mol. The van der Waals surface area contributed by atoms with Crippen LogP contribution >= 0.6 is 0 Å². The molecule has 4 aliphatic heterocycles. The summed E-state index contributed by atoms with van der Waals surface area (Å²) >= 11 is 0. The van der Waals surface area contributed by atoms with E-state index in [4.69, 9.17) is 23.7 Å². The number of methoxy groups -OCH3 is 3. The summed E-state index contributed by atoms with van der Waals surface area (Å²) in [6.45, 7) is 11.3. The van der Waals surface area contributed by atoms with Crippen molar-refractivity contribution in [3.8, 4) is 0 Å². The summed E-state index contributed by atoms with van der Waals surface area (Å²) in [4.78, 5) is 72.2. The van der Waals surface area contributed by atoms with Gasteiger partial charge in [0.1, 0.15) is 30.1 Å². The first kappa shape index (κ1) is 52.6. The van der Waals surface area contributed by atoms with Crippen molar-refractivity contribution in [3.63, 3.8) is 0 Å². The maximum atomic E-state index is 14.5. The zero-order valence-electron chi connectivity index (χ0n) is 40.2. The number of ketones is 3. The molecule has 0 radical (unpaired) electrons. The van der Waals surface area contributed by atoms with Gasteiger partial charge < -0.3 is 43.9 Å². The van der Waals surface area contributed by atoms with Crippen LogP contribution in [0.1, 0.15) is 112 Å². The molecule has 1 aliphatic carbocycles. The number of fused-ring (bicyclic) bond motifs is 4. The fraction of sp³-hybridized carbons (Fsp3) is 0.745. The third kappa shape index (κ3) is 12.6. The average Bonchev–Trinajstić information content (AvgIpc) is 3.27. The molecule has 1 amide bonds. The Hall–Kier alpha value is -3.37. The number of hydrogen-bond acceptors (Lipinski definition) is 13. The number of allylic oxidation sites excluding steroid dienone is 6. The Kier molecular flexibility index (Phi) is 19.1. The van der Waals surface area contributed by atoms with Crippen LogP contribution in [0.5, 0.6) is 0 Å². The number of hydrogen-bond donors (Lipinski definition) is 3. The maximum absolute atomic E-state index is 14.5. The van der Waals surface area contributed by atoms with Crippen molar-refractivity contribution in [2.75, 3.05) is 34.5 Å². The Morgan fingerprint density at radius 2 is 1.60 bits per heavy atom. The Morgan fingerprint density at radius 3 is 2.29 bits per heavy atom. The third-order valence-electron chi connectivity index (χ3n) is 15.2. The molecule has 3 saturated heterocycles. The van der Waals surface area contributed by atoms with Crippen LogP contribution in [-0.2, 0) is 47.7 Å². The van der Waals surface area contributed by atoms with Crippen molar-refractivity contribution in [3.05, 3.63) is 47.6 Å². The molecule has 0 aromatic heterocycles. The van der Waals surface area contributed by atoms with Crippen molar-refractivity contribution in [1.29, 1.82) is 0 Å². The lowest BCUT2D eigenvalue weighted by Crippen LogP contribution is -2.65. The third-order valence-corrected chi connectivity index (χ3v) is 15.2. The number of nitrogens with zero attached hydrogens (tertiary/aromatic N) is 1. The topological polar surface area (TPSA) is 195 Å². The number of carbonyl (C=O) groups is 5. The minimum atomic E-state index is -2.42. The fourth-order valence-corrected chi connectivity index (χ4v) is 11.1. The number of carbonyl (C=O) groups excluding carboxylic acids is 5. The lowest BCUT2D eigenvalue weighted by molar-refractivity contribution is -0.265. The monoisotopic (exact) mass is 912 g/mol. The first-order valence-corrected chi connectivity index (χ1v) is 24.0. The first-order chi connectivity index (χ1) is 30.8. The van der Waals surface area contributed by atoms with E-state index in [-0.39, 0.29) is 54.3 Å². The minimum absolute atomic E-state index is 0.0273. The van der Waals surface area contributed by atoms with E-state index in [2.05, 4.69) is 0 Å². The highest BCUT2D eigenvalue weighted by Crippen LogP contribution is 2.45. The molecule has 14 heteroatoms. The molecule has 4 heterocycles. The van der Waals surface area contributed by atoms with E-state index in [1.165, 1.54) is 12.0 Å². The molecule has 65 heavy (non-hydrogen) atoms. The van der Waals surface area contributed by atoms with Crippen molar-refractivity contribution >= 4 is 29.2 Å². The molecular weight excluding hydrogens is 835 g/mol. The van der Waals surface area contributed by atoms with Crippen LogP contribution in [0.2, 0.25) is 0 Å². The van der Waals surface area contributed by atoms with E-state index >= 15 is 0 Å². The maximum Gasteiger partial charge on any atom is 0.329 e. The largest absolute Gasteiger partial charge is 0.460 e. The van der Waals surface area contributed by atoms with Gasteiger partial charge in [-0.1, -0.05) is 69.7 Å². The van der Waals surface area contributed by atoms with E-state index in [0.29, 0.717) is 76.4 Å². The predicted octanol–water partition coefficient (Wildman–Crippen LogP) is 5.65. The van der Waals surface area contributed by atoms with Crippen LogP contribution in [0.3, 0.4) is 0 Å². The van der Waals surface area contributed by atoms with Crippen molar-refractivity contribution in [1.82, 2.24) is 4.90 Å². The summed E-state index contributed by atoms with van der Waals surface area (Å²) in [5, 5.41) is 34.1. The number of ether oxygens (including phenoxy) is 5. The van der Waals surface area contributed by atoms with Gasteiger partial charge in [0.25, 0.3) is 11.7 Å². The second-order valence-corrected chi connectivity index (χ2v) is 19.9. The molecule has 0 aromatic rings. The number of aliphatic hydroxyl groups is 3. The second-order valence-electron chi connectivity index (χ2n) is 19.9. The number of amides is 1. The van der Waals surface area contributed by atoms with Gasteiger partial charge in [-0.3, -0.25) is 19.2 Å². The lowest BCUT2D eigenvalue weighted by atomic mass is 9.68. The normalized spacial score (nSPS) is 42.7. The molecular formula is C51H77NO13. The smallest absolute Gasteiger partial charge is 0.329 e. The summed E-state index contributed by atoms with van der Waals surface area (Å²) < 4.78 is 29.2. The minimum Gasteiger partial charge on any atom is -0.460 e. The quantitative estimate of drug-likeness (QED) is 0.168. The van der Waals surface area contributed by atoms with E-state index in [1.807, 2.05) is 51.2 Å². The number of rotatable bonds is 6. The van der Waals surface area contributed by atoms with Crippen LogP contribution in [0.4, 0.5) is 0 Å². The summed E-state index contributed by atoms with van der Waals surface area (Å²) in [6.07, 6.45) is 11.6. The Labute approximate surface area is 386 Å². The molecule has 5 rings (SSSR count). The number of esters is 1. The summed E-state index contributed by atoms with van der Waals surface area (Å²) in [5.41, 5.74) is 1.39. The van der Waals surface area contributed by atoms with E-state index in [0.717, 1.165) is 5.57 Å². The summed E-state index contributed by atoms with van der Waals surface area (Å²) in [6, 6.07) is -1.12. The molecule has 364 valence electrons. The highest BCUT2D eigenvalue weighted by atomic mass is 16.6. The zero-order valence-corrected chi connectivity index (χ0v) is 40.2. The Bertz CT molecular complexity index is 1810. The molecule has 1 unspecified atom stereocenters. The van der Waals surface area contributed by atoms with E-state index in [1.54, 1.807) is 41.1 Å². The molecule has 4 fully saturated rings. The van der Waals surface area contributed by atoms with Crippen molar-refractivity contribution in [2.45, 2.75) is 161 Å². The van der Waals surface area contributed by atoms with E-state index in [9.17, 15) is 39.3 Å². The average molecular weight is 912 g/mol. The van der Waals surface area contributed by atoms with Crippen LogP contribution in [0.15, 0.2) is 47.6 Å². The molecule has 0 spiro atoms. The fourth-order valence-electron chi connectivity index (χ4n) is 11.1. The molecule has 1 saturated carbocycles. The molecule has 0 aromatic carbocycles. The van der Waals surface area contributed by atoms with Gasteiger partial charge in [0, 0.05) is 63.9 Å². The van der Waals surface area contributed by atoms with E-state index < -0.39 is 83.7 Å². The summed E-state index contributed by atoms with van der Waals surface area (Å²) in [5.74, 6) is -8.49. The number of Topliss-reactive ketones (excluding diaryl/α,β-unsaturated/α-hetero) is 3. The van der Waals surface area contributed by atoms with Crippen molar-refractivity contribution in [2.24, 2.45) is 47.3 Å². The van der Waals surface area contributed by atoms with Gasteiger partial charge in [0.2, 0.25) is 5.79 Å². The first-order valence-electron chi connectivity index (χ1n) is 24.0. The molecule has 5 aliphatic rings. The SMILES string of the molecule is COC[C@H]1C[C@@H]2CC[C@@H](C)[C@@](O)(O2)C(=O)C(=O)N2CCC[C@@H]3C(C[C@@H]4CC[C@@H](O)[C@H](OC)C4)[C@H](CC(=O)[C@H](C)/C=C(\C)[C@@H](O)[C@@H](OC)C(=O)[C@H](C)C[C@H](C)/C=C/C=C/C=C/1C)OC(=O)[C@H]32. The Balaban J connectivity index is 1.51. The lowest BCUT2D eigenvalue weighted by Gasteiger charge is -2.50. The second kappa shape index (κ2) is 23.6. The van der Waals surface area contributed by atoms with Gasteiger partial charge in [-0.2, -0.15) is 0 Å². The standard InChI is InChI=1S/C51H77NO13/c1-29-14-11-10-12-15-30(2)36(28-61-7)26-37-19-17-34(6)51(60,65-37)48(57)49(58)52-21-13-16-38-39(24-35-18-20-40(53)43(25-35)62-8)42(64-50(59)44(38)52)27-41(54)31(3)23-33(5)46(56)47(63-9)45(55)32(4)22-29/h10-12,14-15,23,29,31-32,34-40,42-44,46-47,53,56,60H,13,16-22,24-28H2,1-9H3/b12-10+,14-11+,30-15+,33-23+/t29-,31-,32-,34-,35+,36-,37+,38-,39?,40-,42+,43-,44+,46-,47+,51-/m1/s1. The van der Waals surface area contributed by atoms with Gasteiger partial charge in [-0.15, -0.1) is 0 Å². The van der Waals surface area contributed by atoms with Gasteiger partial charge in [-0.05, 0) is 101 Å².